The molecule has 0 aliphatic carbocycles. The highest BCUT2D eigenvalue weighted by molar-refractivity contribution is 7.80. The zero-order valence-corrected chi connectivity index (χ0v) is 22.3. The summed E-state index contributed by atoms with van der Waals surface area (Å²) in [5.74, 6) is 0. The molecule has 0 saturated carbocycles. The van der Waals surface area contributed by atoms with Crippen molar-refractivity contribution < 1.29 is 26.4 Å². The smallest absolute Gasteiger partial charge is 0.217 e. The average molecular weight is 480 g/mol. The van der Waals surface area contributed by atoms with Crippen molar-refractivity contribution in [3.8, 4) is 0 Å². The molecule has 0 atom stereocenters. The molecule has 7 heteroatoms. The Morgan fingerprint density at radius 3 is 1.47 bits per heavy atom. The Hall–Kier alpha value is -0.210. The second kappa shape index (κ2) is 21.3. The Morgan fingerprint density at radius 2 is 1.12 bits per heavy atom. The van der Waals surface area contributed by atoms with Crippen LogP contribution in [-0.2, 0) is 19.3 Å². The third-order valence-electron chi connectivity index (χ3n) is 6.37. The molecule has 0 radical (unpaired) electrons. The zero-order chi connectivity index (χ0) is 24.0. The van der Waals surface area contributed by atoms with E-state index in [1.54, 1.807) is 0 Å². The fraction of sp³-hybridized carbons (Fsp3) is 1.00. The molecule has 0 aromatic rings. The molecule has 1 aliphatic rings. The molecule has 194 valence electrons. The first kappa shape index (κ1) is 31.8. The molecule has 0 spiro atoms. The number of quaternary nitrogens is 1. The summed E-state index contributed by atoms with van der Waals surface area (Å²) in [7, 11) is -4.42. The van der Waals surface area contributed by atoms with E-state index in [2.05, 4.69) is 18.0 Å². The van der Waals surface area contributed by atoms with Crippen LogP contribution in [0, 0.1) is 0 Å². The Bertz CT molecular complexity index is 487. The summed E-state index contributed by atoms with van der Waals surface area (Å²) in [6.07, 6.45) is 21.7. The van der Waals surface area contributed by atoms with Crippen molar-refractivity contribution in [3.05, 3.63) is 0 Å². The van der Waals surface area contributed by atoms with Crippen molar-refractivity contribution in [1.29, 1.82) is 0 Å². The highest BCUT2D eigenvalue weighted by Crippen LogP contribution is 2.17. The van der Waals surface area contributed by atoms with Crippen molar-refractivity contribution in [3.63, 3.8) is 0 Å². The SMILES string of the molecule is CCCCCCCCCCCCCCCC[N+]1(CCC)CCOCC1.CCOS(=O)(=O)[O-]. The van der Waals surface area contributed by atoms with Gasteiger partial charge in [-0.15, -0.1) is 0 Å². The first-order chi connectivity index (χ1) is 15.4. The van der Waals surface area contributed by atoms with Crippen molar-refractivity contribution in [2.75, 3.05) is 46.0 Å². The van der Waals surface area contributed by atoms with E-state index >= 15 is 0 Å². The highest BCUT2D eigenvalue weighted by atomic mass is 32.3. The zero-order valence-electron chi connectivity index (χ0n) is 21.5. The minimum Gasteiger partial charge on any atom is -0.726 e. The molecular formula is C25H53NO5S. The van der Waals surface area contributed by atoms with Crippen LogP contribution in [0.15, 0.2) is 0 Å². The molecule has 1 heterocycles. The number of unbranched alkanes of at least 4 members (excludes halogenated alkanes) is 13. The van der Waals surface area contributed by atoms with Gasteiger partial charge in [0.05, 0.1) is 32.9 Å². The number of nitrogens with zero attached hydrogens (tertiary/aromatic N) is 1. The monoisotopic (exact) mass is 479 g/mol. The lowest BCUT2D eigenvalue weighted by Crippen LogP contribution is -2.55. The molecule has 1 saturated heterocycles. The van der Waals surface area contributed by atoms with Gasteiger partial charge in [0, 0.05) is 0 Å². The van der Waals surface area contributed by atoms with E-state index < -0.39 is 10.4 Å². The van der Waals surface area contributed by atoms with Crippen LogP contribution in [0.1, 0.15) is 117 Å². The molecule has 0 bridgehead atoms. The second-order valence-electron chi connectivity index (χ2n) is 9.26. The fourth-order valence-corrected chi connectivity index (χ4v) is 4.84. The van der Waals surface area contributed by atoms with Crippen LogP contribution in [0.5, 0.6) is 0 Å². The maximum absolute atomic E-state index is 9.45. The quantitative estimate of drug-likeness (QED) is 0.0953. The number of hydrogen-bond acceptors (Lipinski definition) is 5. The summed E-state index contributed by atoms with van der Waals surface area (Å²) in [5.41, 5.74) is 0. The van der Waals surface area contributed by atoms with Crippen molar-refractivity contribution in [1.82, 2.24) is 0 Å². The van der Waals surface area contributed by atoms with Crippen LogP contribution in [0.3, 0.4) is 0 Å². The first-order valence-corrected chi connectivity index (χ1v) is 14.8. The van der Waals surface area contributed by atoms with Gasteiger partial charge in [0.15, 0.2) is 0 Å². The van der Waals surface area contributed by atoms with Crippen molar-refractivity contribution >= 4 is 10.4 Å². The summed E-state index contributed by atoms with van der Waals surface area (Å²) in [5, 5.41) is 0. The van der Waals surface area contributed by atoms with Gasteiger partial charge in [-0.25, -0.2) is 8.42 Å². The van der Waals surface area contributed by atoms with Crippen molar-refractivity contribution in [2.24, 2.45) is 0 Å². The molecule has 1 fully saturated rings. The Kier molecular flexibility index (Phi) is 21.2. The first-order valence-electron chi connectivity index (χ1n) is 13.4. The Morgan fingerprint density at radius 1 is 0.688 bits per heavy atom. The normalized spacial score (nSPS) is 15.9. The van der Waals surface area contributed by atoms with Crippen LogP contribution >= 0.6 is 0 Å². The minimum atomic E-state index is -4.42. The molecule has 0 aromatic carbocycles. The van der Waals surface area contributed by atoms with Gasteiger partial charge in [-0.1, -0.05) is 90.9 Å². The van der Waals surface area contributed by atoms with Gasteiger partial charge >= 0.3 is 0 Å². The maximum Gasteiger partial charge on any atom is 0.217 e. The van der Waals surface area contributed by atoms with Gasteiger partial charge < -0.3 is 13.8 Å². The van der Waals surface area contributed by atoms with E-state index in [0.717, 1.165) is 13.2 Å². The van der Waals surface area contributed by atoms with Crippen LogP contribution in [0.4, 0.5) is 0 Å². The standard InChI is InChI=1S/C23H48NO.C2H6O4S/c1-3-5-6-7-8-9-10-11-12-13-14-15-16-17-19-24(18-4-2)20-22-25-23-21-24;1-2-6-7(3,4)5/h3-23H2,1-2H3;2H2,1H3,(H,3,4,5)/q+1;/p-1. The molecule has 0 unspecified atom stereocenters. The molecule has 6 nitrogen and oxygen atoms in total. The molecule has 1 rings (SSSR count). The molecule has 0 N–H and O–H groups in total. The van der Waals surface area contributed by atoms with Crippen LogP contribution < -0.4 is 0 Å². The average Bonchev–Trinajstić information content (AvgIpc) is 2.74. The van der Waals surface area contributed by atoms with Gasteiger partial charge in [0.2, 0.25) is 10.4 Å². The molecule has 0 aromatic heterocycles. The lowest BCUT2D eigenvalue weighted by molar-refractivity contribution is -0.935. The maximum atomic E-state index is 9.45. The van der Waals surface area contributed by atoms with Crippen LogP contribution in [0.25, 0.3) is 0 Å². The molecular weight excluding hydrogens is 426 g/mol. The number of rotatable bonds is 19. The summed E-state index contributed by atoms with van der Waals surface area (Å²) < 4.78 is 38.9. The van der Waals surface area contributed by atoms with Gasteiger partial charge in [-0.3, -0.25) is 4.18 Å². The Labute approximate surface area is 200 Å². The van der Waals surface area contributed by atoms with E-state index in [1.165, 1.54) is 134 Å². The highest BCUT2D eigenvalue weighted by Gasteiger charge is 2.28. The van der Waals surface area contributed by atoms with E-state index in [9.17, 15) is 13.0 Å². The van der Waals surface area contributed by atoms with E-state index in [1.807, 2.05) is 0 Å². The van der Waals surface area contributed by atoms with Crippen LogP contribution in [-0.4, -0.2) is 63.5 Å². The third-order valence-corrected chi connectivity index (χ3v) is 6.89. The molecule has 32 heavy (non-hydrogen) atoms. The van der Waals surface area contributed by atoms with Crippen molar-refractivity contribution in [2.45, 2.75) is 117 Å². The largest absolute Gasteiger partial charge is 0.726 e. The lowest BCUT2D eigenvalue weighted by atomic mass is 10.0. The third kappa shape index (κ3) is 20.4. The second-order valence-corrected chi connectivity index (χ2v) is 10.3. The summed E-state index contributed by atoms with van der Waals surface area (Å²) >= 11 is 0. The van der Waals surface area contributed by atoms with Gasteiger partial charge in [-0.2, -0.15) is 0 Å². The summed E-state index contributed by atoms with van der Waals surface area (Å²) in [6.45, 7) is 13.2. The van der Waals surface area contributed by atoms with Gasteiger partial charge in [0.25, 0.3) is 0 Å². The van der Waals surface area contributed by atoms with E-state index in [-0.39, 0.29) is 6.61 Å². The predicted octanol–water partition coefficient (Wildman–Crippen LogP) is 6.21. The number of hydrogen-bond donors (Lipinski definition) is 0. The number of morpholine rings is 1. The molecule has 1 aliphatic heterocycles. The van der Waals surface area contributed by atoms with Gasteiger partial charge in [-0.05, 0) is 26.2 Å². The fourth-order valence-electron chi connectivity index (χ4n) is 4.55. The van der Waals surface area contributed by atoms with Gasteiger partial charge in [0.1, 0.15) is 13.1 Å². The summed E-state index contributed by atoms with van der Waals surface area (Å²) in [4.78, 5) is 0. The van der Waals surface area contributed by atoms with E-state index in [4.69, 9.17) is 4.74 Å². The Balaban J connectivity index is 0.00000118. The number of ether oxygens (including phenoxy) is 1. The van der Waals surface area contributed by atoms with Crippen LogP contribution in [0.2, 0.25) is 0 Å². The topological polar surface area (TPSA) is 75.7 Å². The molecule has 0 amide bonds. The lowest BCUT2D eigenvalue weighted by Gasteiger charge is -2.41. The summed E-state index contributed by atoms with van der Waals surface area (Å²) in [6, 6.07) is 0. The minimum absolute atomic E-state index is 0.0914. The predicted molar refractivity (Wildman–Crippen MR) is 132 cm³/mol. The van der Waals surface area contributed by atoms with E-state index in [0.29, 0.717) is 0 Å².